The Morgan fingerprint density at radius 1 is 0.875 bits per heavy atom. The summed E-state index contributed by atoms with van der Waals surface area (Å²) >= 11 is 0. The highest BCUT2D eigenvalue weighted by molar-refractivity contribution is 5.68. The first-order valence-corrected chi connectivity index (χ1v) is 16.9. The quantitative estimate of drug-likeness (QED) is 0.161. The van der Waals surface area contributed by atoms with E-state index in [0.717, 1.165) is 53.4 Å². The van der Waals surface area contributed by atoms with Crippen molar-refractivity contribution in [3.8, 4) is 17.0 Å². The molecule has 0 saturated carbocycles. The van der Waals surface area contributed by atoms with Crippen LogP contribution in [0, 0.1) is 11.8 Å². The predicted octanol–water partition coefficient (Wildman–Crippen LogP) is 7.92. The minimum atomic E-state index is -0.490. The molecule has 0 radical (unpaired) electrons. The lowest BCUT2D eigenvalue weighted by atomic mass is 9.68. The van der Waals surface area contributed by atoms with Gasteiger partial charge in [-0.3, -0.25) is 4.98 Å². The van der Waals surface area contributed by atoms with Crippen LogP contribution in [0.3, 0.4) is 0 Å². The van der Waals surface area contributed by atoms with Crippen molar-refractivity contribution in [3.63, 3.8) is 0 Å². The van der Waals surface area contributed by atoms with Crippen molar-refractivity contribution in [2.45, 2.75) is 78.4 Å². The minimum absolute atomic E-state index is 0.198. The van der Waals surface area contributed by atoms with Gasteiger partial charge in [0.15, 0.2) is 11.5 Å². The van der Waals surface area contributed by atoms with Crippen LogP contribution in [0.4, 0.5) is 4.79 Å². The molecule has 1 saturated heterocycles. The summed E-state index contributed by atoms with van der Waals surface area (Å²) < 4.78 is 13.4. The van der Waals surface area contributed by atoms with E-state index in [0.29, 0.717) is 31.5 Å². The first-order valence-electron chi connectivity index (χ1n) is 16.9. The van der Waals surface area contributed by atoms with Crippen LogP contribution < -0.4 is 4.74 Å². The number of nitrogens with zero attached hydrogens (tertiary/aromatic N) is 6. The Kier molecular flexibility index (Phi) is 9.49. The van der Waals surface area contributed by atoms with Crippen LogP contribution in [0.25, 0.3) is 16.9 Å². The Labute approximate surface area is 283 Å². The second-order valence-corrected chi connectivity index (χ2v) is 14.3. The lowest BCUT2D eigenvalue weighted by Gasteiger charge is -2.35. The number of amides is 1. The molecule has 4 heterocycles. The summed E-state index contributed by atoms with van der Waals surface area (Å²) in [6.07, 6.45) is 4.10. The Balaban J connectivity index is 1.14. The van der Waals surface area contributed by atoms with Gasteiger partial charge in [0.2, 0.25) is 0 Å². The maximum atomic E-state index is 12.5. The van der Waals surface area contributed by atoms with E-state index in [-0.39, 0.29) is 11.5 Å². The molecule has 6 rings (SSSR count). The summed E-state index contributed by atoms with van der Waals surface area (Å²) in [6, 6.07) is 27.0. The van der Waals surface area contributed by atoms with Gasteiger partial charge in [-0.05, 0) is 93.0 Å². The molecule has 1 aliphatic heterocycles. The first-order chi connectivity index (χ1) is 23.0. The number of likely N-dealkylation sites (tertiary alicyclic amines) is 1. The molecule has 9 heteroatoms. The Morgan fingerprint density at radius 3 is 2.19 bits per heavy atom. The molecule has 5 aromatic rings. The van der Waals surface area contributed by atoms with Crippen molar-refractivity contribution in [1.82, 2.24) is 29.7 Å². The monoisotopic (exact) mass is 646 g/mol. The summed E-state index contributed by atoms with van der Waals surface area (Å²) in [7, 11) is 0. The van der Waals surface area contributed by atoms with Gasteiger partial charge in [-0.25, -0.2) is 4.79 Å². The topological polar surface area (TPSA) is 94.7 Å². The molecule has 1 aliphatic rings. The molecule has 3 aromatic heterocycles. The number of ether oxygens (including phenoxy) is 2. The van der Waals surface area contributed by atoms with Gasteiger partial charge in [0.25, 0.3) is 0 Å². The molecule has 1 unspecified atom stereocenters. The third kappa shape index (κ3) is 7.35. The largest absolute Gasteiger partial charge is 0.487 e. The molecule has 1 amide bonds. The van der Waals surface area contributed by atoms with Gasteiger partial charge >= 0.3 is 6.09 Å². The highest BCUT2D eigenvalue weighted by Gasteiger charge is 2.33. The number of piperidine rings is 1. The molecule has 0 bridgehead atoms. The van der Waals surface area contributed by atoms with E-state index < -0.39 is 5.60 Å². The Morgan fingerprint density at radius 2 is 1.56 bits per heavy atom. The van der Waals surface area contributed by atoms with Crippen LogP contribution in [0.2, 0.25) is 0 Å². The second-order valence-electron chi connectivity index (χ2n) is 14.3. The Hall–Kier alpha value is -4.79. The summed E-state index contributed by atoms with van der Waals surface area (Å²) in [5.41, 5.74) is 5.33. The van der Waals surface area contributed by atoms with Crippen molar-refractivity contribution in [3.05, 3.63) is 108 Å². The first kappa shape index (κ1) is 33.1. The lowest BCUT2D eigenvalue weighted by Crippen LogP contribution is -2.42. The van der Waals surface area contributed by atoms with Gasteiger partial charge in [-0.2, -0.15) is 9.61 Å². The maximum absolute atomic E-state index is 12.5. The highest BCUT2D eigenvalue weighted by atomic mass is 16.6. The molecule has 250 valence electrons. The average Bonchev–Trinajstić information content (AvgIpc) is 3.49. The zero-order chi connectivity index (χ0) is 33.9. The van der Waals surface area contributed by atoms with Crippen molar-refractivity contribution < 1.29 is 14.3 Å². The Bertz CT molecular complexity index is 1820. The van der Waals surface area contributed by atoms with Gasteiger partial charge in [0.05, 0.1) is 11.4 Å². The maximum Gasteiger partial charge on any atom is 0.410 e. The van der Waals surface area contributed by atoms with Crippen LogP contribution in [0.1, 0.15) is 77.0 Å². The van der Waals surface area contributed by atoms with Gasteiger partial charge in [-0.1, -0.05) is 63.2 Å². The van der Waals surface area contributed by atoms with Crippen LogP contribution in [0.5, 0.6) is 5.75 Å². The number of rotatable bonds is 9. The summed E-state index contributed by atoms with van der Waals surface area (Å²) in [6.45, 7) is 14.3. The fourth-order valence-corrected chi connectivity index (χ4v) is 6.38. The van der Waals surface area contributed by atoms with Crippen LogP contribution >= 0.6 is 0 Å². The second kappa shape index (κ2) is 13.7. The fraction of sp³-hybridized carbons (Fsp3) is 0.410. The molecule has 0 aliphatic carbocycles. The molecular weight excluding hydrogens is 600 g/mol. The molecule has 2 aromatic carbocycles. The normalized spacial score (nSPS) is 15.4. The van der Waals surface area contributed by atoms with E-state index in [4.69, 9.17) is 14.6 Å². The smallest absolute Gasteiger partial charge is 0.410 e. The molecular formula is C39H46N6O3. The number of aromatic nitrogens is 5. The molecule has 0 N–H and O–H groups in total. The third-order valence-corrected chi connectivity index (χ3v) is 9.57. The van der Waals surface area contributed by atoms with Gasteiger partial charge in [0, 0.05) is 36.7 Å². The standard InChI is InChI=1S/C39H46N6O3/c1-27(2)39(6,31-14-16-33(17-15-31)47-26-32-9-7-8-22-40-32)30-12-10-29(11-13-30)34-18-19-35-41-42-36(45(35)43-34)25-28-20-23-44(24-21-28)37(46)48-38(3,4)5/h7-19,22,27-28H,20-21,23-26H2,1-6H3. The number of benzene rings is 2. The number of hydrogen-bond donors (Lipinski definition) is 0. The molecule has 1 fully saturated rings. The van der Waals surface area contributed by atoms with E-state index in [1.807, 2.05) is 72.7 Å². The summed E-state index contributed by atoms with van der Waals surface area (Å²) in [5.74, 6) is 2.43. The lowest BCUT2D eigenvalue weighted by molar-refractivity contribution is 0.0183. The summed E-state index contributed by atoms with van der Waals surface area (Å²) in [4.78, 5) is 18.7. The minimum Gasteiger partial charge on any atom is -0.487 e. The number of carbonyl (C=O) groups is 1. The van der Waals surface area contributed by atoms with E-state index in [1.54, 1.807) is 6.20 Å². The number of pyridine rings is 1. The number of carbonyl (C=O) groups excluding carboxylic acids is 1. The van der Waals surface area contributed by atoms with Crippen molar-refractivity contribution in [2.24, 2.45) is 11.8 Å². The molecule has 1 atom stereocenters. The zero-order valence-electron chi connectivity index (χ0n) is 28.9. The van der Waals surface area contributed by atoms with Crippen molar-refractivity contribution in [1.29, 1.82) is 0 Å². The van der Waals surface area contributed by atoms with Crippen LogP contribution in [0.15, 0.2) is 85.1 Å². The predicted molar refractivity (Wildman–Crippen MR) is 187 cm³/mol. The van der Waals surface area contributed by atoms with Crippen LogP contribution in [-0.2, 0) is 23.2 Å². The molecule has 0 spiro atoms. The van der Waals surface area contributed by atoms with Gasteiger partial charge in [0.1, 0.15) is 18.0 Å². The fourth-order valence-electron chi connectivity index (χ4n) is 6.38. The average molecular weight is 647 g/mol. The molecule has 9 nitrogen and oxygen atoms in total. The SMILES string of the molecule is CC(C)C(C)(c1ccc(OCc2ccccn2)cc1)c1ccc(-c2ccc3nnc(CC4CCN(C(=O)OC(C)(C)C)CC4)n3n2)cc1. The zero-order valence-corrected chi connectivity index (χ0v) is 28.9. The van der Waals surface area contributed by atoms with E-state index in [9.17, 15) is 4.79 Å². The van der Waals surface area contributed by atoms with Gasteiger partial charge in [-0.15, -0.1) is 10.2 Å². The summed E-state index contributed by atoms with van der Waals surface area (Å²) in [5, 5.41) is 13.9. The van der Waals surface area contributed by atoms with E-state index >= 15 is 0 Å². The highest BCUT2D eigenvalue weighted by Crippen LogP contribution is 2.40. The van der Waals surface area contributed by atoms with Crippen LogP contribution in [-0.4, -0.2) is 54.5 Å². The van der Waals surface area contributed by atoms with Crippen molar-refractivity contribution >= 4 is 11.7 Å². The van der Waals surface area contributed by atoms with Gasteiger partial charge < -0.3 is 14.4 Å². The third-order valence-electron chi connectivity index (χ3n) is 9.57. The number of fused-ring (bicyclic) bond motifs is 1. The number of hydrogen-bond acceptors (Lipinski definition) is 7. The van der Waals surface area contributed by atoms with E-state index in [1.165, 1.54) is 11.1 Å². The molecule has 48 heavy (non-hydrogen) atoms. The van der Waals surface area contributed by atoms with Crippen molar-refractivity contribution in [2.75, 3.05) is 13.1 Å². The van der Waals surface area contributed by atoms with E-state index in [2.05, 4.69) is 72.4 Å².